The summed E-state index contributed by atoms with van der Waals surface area (Å²) in [5.41, 5.74) is 2.07. The maximum absolute atomic E-state index is 12.2. The Bertz CT molecular complexity index is 717. The minimum Gasteiger partial charge on any atom is -0.378 e. The van der Waals surface area contributed by atoms with Gasteiger partial charge in [-0.1, -0.05) is 0 Å². The van der Waals surface area contributed by atoms with E-state index in [9.17, 15) is 4.79 Å². The van der Waals surface area contributed by atoms with Gasteiger partial charge in [0.15, 0.2) is 0 Å². The molecule has 0 aliphatic carbocycles. The van der Waals surface area contributed by atoms with E-state index in [2.05, 4.69) is 32.4 Å². The number of tetrazole rings is 1. The van der Waals surface area contributed by atoms with E-state index in [-0.39, 0.29) is 12.5 Å². The lowest BCUT2D eigenvalue weighted by Gasteiger charge is -2.28. The summed E-state index contributed by atoms with van der Waals surface area (Å²) in [6, 6.07) is 8.12. The SMILES string of the molecule is O=C(Cn1nnc(-c2ccc(N3CCOCC3)cc2)n1)N1CCCC1. The number of hydrogen-bond acceptors (Lipinski definition) is 6. The van der Waals surface area contributed by atoms with Gasteiger partial charge in [0.2, 0.25) is 11.7 Å². The molecule has 0 atom stereocenters. The van der Waals surface area contributed by atoms with Crippen LogP contribution in [0.2, 0.25) is 0 Å². The third kappa shape index (κ3) is 3.63. The highest BCUT2D eigenvalue weighted by molar-refractivity contribution is 5.76. The molecule has 2 aliphatic rings. The molecule has 8 heteroatoms. The number of carbonyl (C=O) groups is 1. The monoisotopic (exact) mass is 342 g/mol. The zero-order valence-electron chi connectivity index (χ0n) is 14.2. The molecule has 25 heavy (non-hydrogen) atoms. The fourth-order valence-electron chi connectivity index (χ4n) is 3.26. The van der Waals surface area contributed by atoms with Crippen LogP contribution in [0, 0.1) is 0 Å². The van der Waals surface area contributed by atoms with Gasteiger partial charge in [-0.25, -0.2) is 0 Å². The lowest BCUT2D eigenvalue weighted by molar-refractivity contribution is -0.131. The van der Waals surface area contributed by atoms with Crippen molar-refractivity contribution in [3.05, 3.63) is 24.3 Å². The van der Waals surface area contributed by atoms with Crippen LogP contribution in [0.3, 0.4) is 0 Å². The van der Waals surface area contributed by atoms with E-state index in [0.29, 0.717) is 5.82 Å². The molecule has 4 rings (SSSR count). The lowest BCUT2D eigenvalue weighted by atomic mass is 10.2. The van der Waals surface area contributed by atoms with Crippen molar-refractivity contribution < 1.29 is 9.53 Å². The molecule has 0 saturated carbocycles. The highest BCUT2D eigenvalue weighted by atomic mass is 16.5. The van der Waals surface area contributed by atoms with Crippen molar-refractivity contribution in [3.8, 4) is 11.4 Å². The lowest BCUT2D eigenvalue weighted by Crippen LogP contribution is -2.36. The molecule has 0 spiro atoms. The van der Waals surface area contributed by atoms with Crippen LogP contribution in [0.5, 0.6) is 0 Å². The molecule has 0 radical (unpaired) electrons. The standard InChI is InChI=1S/C17H22N6O2/c24-16(22-7-1-2-8-22)13-23-19-17(18-20-23)14-3-5-15(6-4-14)21-9-11-25-12-10-21/h3-6H,1-2,7-13H2. The molecule has 8 nitrogen and oxygen atoms in total. The van der Waals surface area contributed by atoms with Gasteiger partial charge in [0.05, 0.1) is 13.2 Å². The van der Waals surface area contributed by atoms with Gasteiger partial charge < -0.3 is 14.5 Å². The average Bonchev–Trinajstić information content (AvgIpc) is 3.35. The number of aromatic nitrogens is 4. The van der Waals surface area contributed by atoms with Crippen LogP contribution in [-0.4, -0.2) is 70.4 Å². The molecule has 132 valence electrons. The summed E-state index contributed by atoms with van der Waals surface area (Å²) in [5, 5.41) is 12.5. The van der Waals surface area contributed by atoms with Crippen LogP contribution in [0.25, 0.3) is 11.4 Å². The quantitative estimate of drug-likeness (QED) is 0.818. The van der Waals surface area contributed by atoms with Crippen molar-refractivity contribution in [3.63, 3.8) is 0 Å². The van der Waals surface area contributed by atoms with Gasteiger partial charge in [-0.3, -0.25) is 4.79 Å². The summed E-state index contributed by atoms with van der Waals surface area (Å²) >= 11 is 0. The van der Waals surface area contributed by atoms with E-state index in [1.165, 1.54) is 10.5 Å². The Morgan fingerprint density at radius 3 is 2.48 bits per heavy atom. The summed E-state index contributed by atoms with van der Waals surface area (Å²) < 4.78 is 5.38. The number of ether oxygens (including phenoxy) is 1. The number of amides is 1. The van der Waals surface area contributed by atoms with Crippen LogP contribution in [0.4, 0.5) is 5.69 Å². The molecule has 0 bridgehead atoms. The first-order chi connectivity index (χ1) is 12.3. The van der Waals surface area contributed by atoms with Gasteiger partial charge in [0.25, 0.3) is 0 Å². The van der Waals surface area contributed by atoms with Crippen LogP contribution < -0.4 is 4.90 Å². The zero-order valence-corrected chi connectivity index (χ0v) is 14.2. The molecule has 0 unspecified atom stereocenters. The number of morpholine rings is 1. The van der Waals surface area contributed by atoms with Crippen molar-refractivity contribution in [1.82, 2.24) is 25.1 Å². The Hall–Kier alpha value is -2.48. The first-order valence-corrected chi connectivity index (χ1v) is 8.78. The maximum Gasteiger partial charge on any atom is 0.246 e. The molecule has 2 fully saturated rings. The van der Waals surface area contributed by atoms with E-state index in [1.54, 1.807) is 0 Å². The number of carbonyl (C=O) groups excluding carboxylic acids is 1. The largest absolute Gasteiger partial charge is 0.378 e. The molecular weight excluding hydrogens is 320 g/mol. The summed E-state index contributed by atoms with van der Waals surface area (Å²) in [6.45, 7) is 5.18. The Morgan fingerprint density at radius 2 is 1.76 bits per heavy atom. The smallest absolute Gasteiger partial charge is 0.246 e. The number of anilines is 1. The Balaban J connectivity index is 1.41. The van der Waals surface area contributed by atoms with E-state index in [0.717, 1.165) is 57.8 Å². The molecule has 1 aromatic carbocycles. The van der Waals surface area contributed by atoms with E-state index in [4.69, 9.17) is 4.74 Å². The van der Waals surface area contributed by atoms with Gasteiger partial charge in [-0.2, -0.15) is 4.80 Å². The molecule has 1 amide bonds. The topological polar surface area (TPSA) is 76.4 Å². The van der Waals surface area contributed by atoms with Crippen LogP contribution in [-0.2, 0) is 16.1 Å². The Labute approximate surface area is 146 Å². The molecule has 3 heterocycles. The third-order valence-corrected chi connectivity index (χ3v) is 4.69. The van der Waals surface area contributed by atoms with Gasteiger partial charge >= 0.3 is 0 Å². The van der Waals surface area contributed by atoms with Crippen molar-refractivity contribution in [2.45, 2.75) is 19.4 Å². The molecule has 0 N–H and O–H groups in total. The van der Waals surface area contributed by atoms with Crippen molar-refractivity contribution in [1.29, 1.82) is 0 Å². The van der Waals surface area contributed by atoms with E-state index >= 15 is 0 Å². The fourth-order valence-corrected chi connectivity index (χ4v) is 3.26. The first-order valence-electron chi connectivity index (χ1n) is 8.78. The second-order valence-electron chi connectivity index (χ2n) is 6.38. The van der Waals surface area contributed by atoms with Gasteiger partial charge in [-0.15, -0.1) is 10.2 Å². The molecular formula is C17H22N6O2. The van der Waals surface area contributed by atoms with Gasteiger partial charge in [0.1, 0.15) is 6.54 Å². The number of hydrogen-bond donors (Lipinski definition) is 0. The van der Waals surface area contributed by atoms with Crippen molar-refractivity contribution in [2.24, 2.45) is 0 Å². The molecule has 2 saturated heterocycles. The van der Waals surface area contributed by atoms with Crippen molar-refractivity contribution in [2.75, 3.05) is 44.3 Å². The number of benzene rings is 1. The minimum atomic E-state index is 0.0594. The van der Waals surface area contributed by atoms with Crippen LogP contribution in [0.15, 0.2) is 24.3 Å². The normalized spacial score (nSPS) is 17.9. The second kappa shape index (κ2) is 7.18. The second-order valence-corrected chi connectivity index (χ2v) is 6.38. The van der Waals surface area contributed by atoms with E-state index in [1.807, 2.05) is 17.0 Å². The Morgan fingerprint density at radius 1 is 1.04 bits per heavy atom. The summed E-state index contributed by atoms with van der Waals surface area (Å²) in [6.07, 6.45) is 2.16. The number of rotatable bonds is 4. The van der Waals surface area contributed by atoms with E-state index < -0.39 is 0 Å². The summed E-state index contributed by atoms with van der Waals surface area (Å²) in [7, 11) is 0. The minimum absolute atomic E-state index is 0.0594. The van der Waals surface area contributed by atoms with Crippen LogP contribution in [0.1, 0.15) is 12.8 Å². The highest BCUT2D eigenvalue weighted by Gasteiger charge is 2.19. The number of likely N-dealkylation sites (tertiary alicyclic amines) is 1. The summed E-state index contributed by atoms with van der Waals surface area (Å²) in [5.74, 6) is 0.604. The average molecular weight is 342 g/mol. The van der Waals surface area contributed by atoms with Crippen LogP contribution >= 0.6 is 0 Å². The Kier molecular flexibility index (Phi) is 4.60. The van der Waals surface area contributed by atoms with Gasteiger partial charge in [0, 0.05) is 37.4 Å². The predicted molar refractivity (Wildman–Crippen MR) is 92.1 cm³/mol. The predicted octanol–water partition coefficient (Wildman–Crippen LogP) is 0.799. The van der Waals surface area contributed by atoms with Gasteiger partial charge in [-0.05, 0) is 42.3 Å². The molecule has 2 aliphatic heterocycles. The zero-order chi connectivity index (χ0) is 17.1. The molecule has 1 aromatic heterocycles. The summed E-state index contributed by atoms with van der Waals surface area (Å²) in [4.78, 5) is 17.7. The van der Waals surface area contributed by atoms with Crippen molar-refractivity contribution >= 4 is 11.6 Å². The first kappa shape index (κ1) is 16.0. The maximum atomic E-state index is 12.2. The fraction of sp³-hybridized carbons (Fsp3) is 0.529. The highest BCUT2D eigenvalue weighted by Crippen LogP contribution is 2.21. The number of nitrogens with zero attached hydrogens (tertiary/aromatic N) is 6. The molecule has 2 aromatic rings. The third-order valence-electron chi connectivity index (χ3n) is 4.69.